The summed E-state index contributed by atoms with van der Waals surface area (Å²) < 4.78 is 5.15. The summed E-state index contributed by atoms with van der Waals surface area (Å²) in [7, 11) is 1.62. The molecule has 0 unspecified atom stereocenters. The third-order valence-electron chi connectivity index (χ3n) is 4.52. The van der Waals surface area contributed by atoms with Gasteiger partial charge in [0.05, 0.1) is 19.3 Å². The molecule has 0 aliphatic heterocycles. The van der Waals surface area contributed by atoms with Gasteiger partial charge < -0.3 is 20.7 Å². The third-order valence-corrected chi connectivity index (χ3v) is 5.41. The van der Waals surface area contributed by atoms with E-state index in [1.54, 1.807) is 49.7 Å². The Morgan fingerprint density at radius 1 is 0.909 bits per heavy atom. The molecule has 0 bridgehead atoms. The Morgan fingerprint density at radius 2 is 1.67 bits per heavy atom. The number of amides is 2. The van der Waals surface area contributed by atoms with Gasteiger partial charge in [0.1, 0.15) is 10.8 Å². The van der Waals surface area contributed by atoms with Gasteiger partial charge in [0.2, 0.25) is 5.13 Å². The second-order valence-electron chi connectivity index (χ2n) is 6.80. The van der Waals surface area contributed by atoms with Crippen LogP contribution in [0.15, 0.2) is 72.9 Å². The summed E-state index contributed by atoms with van der Waals surface area (Å²) in [6.45, 7) is 0.177. The first-order chi connectivity index (χ1) is 16.1. The zero-order valence-electron chi connectivity index (χ0n) is 17.6. The van der Waals surface area contributed by atoms with Crippen molar-refractivity contribution >= 4 is 39.7 Å². The molecule has 10 heteroatoms. The number of hydrogen-bond donors (Lipinski definition) is 3. The summed E-state index contributed by atoms with van der Waals surface area (Å²) in [6.07, 6.45) is 1.62. The number of rotatable bonds is 7. The Kier molecular flexibility index (Phi) is 6.86. The number of hydrogen-bond acceptors (Lipinski definition) is 8. The first-order valence-corrected chi connectivity index (χ1v) is 10.8. The van der Waals surface area contributed by atoms with Gasteiger partial charge in [0, 0.05) is 23.1 Å². The fourth-order valence-electron chi connectivity index (χ4n) is 2.83. The van der Waals surface area contributed by atoms with Crippen molar-refractivity contribution in [2.75, 3.05) is 17.7 Å². The van der Waals surface area contributed by atoms with E-state index < -0.39 is 11.8 Å². The second-order valence-corrected chi connectivity index (χ2v) is 7.78. The molecule has 2 heterocycles. The number of nitrogens with one attached hydrogen (secondary N) is 3. The van der Waals surface area contributed by atoms with E-state index in [9.17, 15) is 9.59 Å². The van der Waals surface area contributed by atoms with Crippen molar-refractivity contribution in [2.45, 2.75) is 6.54 Å². The number of aromatic nitrogens is 3. The number of methoxy groups -OCH3 is 1. The molecule has 166 valence electrons. The molecule has 9 nitrogen and oxygen atoms in total. The average molecular weight is 461 g/mol. The molecule has 0 spiro atoms. The van der Waals surface area contributed by atoms with E-state index in [4.69, 9.17) is 4.74 Å². The molecular weight excluding hydrogens is 440 g/mol. The highest BCUT2D eigenvalue weighted by atomic mass is 32.1. The van der Waals surface area contributed by atoms with Crippen molar-refractivity contribution in [1.82, 2.24) is 20.5 Å². The molecule has 2 aromatic carbocycles. The summed E-state index contributed by atoms with van der Waals surface area (Å²) >= 11 is 1.40. The quantitative estimate of drug-likeness (QED) is 0.361. The Morgan fingerprint density at radius 3 is 2.36 bits per heavy atom. The Labute approximate surface area is 193 Å². The molecule has 0 saturated heterocycles. The fourth-order valence-corrected chi connectivity index (χ4v) is 3.60. The predicted octanol–water partition coefficient (Wildman–Crippen LogP) is 3.61. The molecule has 0 saturated carbocycles. The van der Waals surface area contributed by atoms with Crippen molar-refractivity contribution < 1.29 is 14.3 Å². The van der Waals surface area contributed by atoms with Crippen molar-refractivity contribution in [3.05, 3.63) is 78.6 Å². The van der Waals surface area contributed by atoms with Crippen LogP contribution in [0, 0.1) is 0 Å². The molecule has 0 fully saturated rings. The number of carbonyl (C=O) groups excluding carboxylic acids is 2. The van der Waals surface area contributed by atoms with Gasteiger partial charge in [0.15, 0.2) is 0 Å². The predicted molar refractivity (Wildman–Crippen MR) is 126 cm³/mol. The lowest BCUT2D eigenvalue weighted by molar-refractivity contribution is -0.136. The molecule has 33 heavy (non-hydrogen) atoms. The lowest BCUT2D eigenvalue weighted by atomic mass is 10.2. The summed E-state index contributed by atoms with van der Waals surface area (Å²) in [5.41, 5.74) is 2.88. The minimum Gasteiger partial charge on any atom is -0.497 e. The Bertz CT molecular complexity index is 1230. The van der Waals surface area contributed by atoms with E-state index in [2.05, 4.69) is 31.1 Å². The van der Waals surface area contributed by atoms with Crippen LogP contribution in [0.4, 0.5) is 16.5 Å². The zero-order valence-corrected chi connectivity index (χ0v) is 18.4. The van der Waals surface area contributed by atoms with Crippen LogP contribution in [0.5, 0.6) is 5.75 Å². The molecule has 3 N–H and O–H groups in total. The van der Waals surface area contributed by atoms with Gasteiger partial charge in [-0.15, -0.1) is 10.2 Å². The SMILES string of the molecule is COc1ccc(Nc2nnc(-c3ccc(NC(=O)C(=O)NCc4ccccn4)cc3)s2)cc1. The van der Waals surface area contributed by atoms with Gasteiger partial charge in [-0.25, -0.2) is 0 Å². The zero-order chi connectivity index (χ0) is 23.0. The minimum atomic E-state index is -0.749. The van der Waals surface area contributed by atoms with Crippen LogP contribution < -0.4 is 20.7 Å². The first kappa shape index (κ1) is 21.9. The average Bonchev–Trinajstić information content (AvgIpc) is 3.32. The van der Waals surface area contributed by atoms with E-state index in [0.29, 0.717) is 16.5 Å². The number of benzene rings is 2. The van der Waals surface area contributed by atoms with Gasteiger partial charge in [-0.2, -0.15) is 0 Å². The summed E-state index contributed by atoms with van der Waals surface area (Å²) in [5.74, 6) is -0.708. The van der Waals surface area contributed by atoms with Crippen LogP contribution in [0.2, 0.25) is 0 Å². The highest BCUT2D eigenvalue weighted by molar-refractivity contribution is 7.18. The fraction of sp³-hybridized carbons (Fsp3) is 0.0870. The van der Waals surface area contributed by atoms with Crippen LogP contribution in [0.3, 0.4) is 0 Å². The minimum absolute atomic E-state index is 0.177. The van der Waals surface area contributed by atoms with Crippen LogP contribution in [0.1, 0.15) is 5.69 Å². The van der Waals surface area contributed by atoms with Gasteiger partial charge in [-0.1, -0.05) is 17.4 Å². The summed E-state index contributed by atoms with van der Waals surface area (Å²) in [5, 5.41) is 18.1. The molecule has 0 atom stereocenters. The topological polar surface area (TPSA) is 118 Å². The number of nitrogens with zero attached hydrogens (tertiary/aromatic N) is 3. The summed E-state index contributed by atoms with van der Waals surface area (Å²) in [4.78, 5) is 28.2. The van der Waals surface area contributed by atoms with E-state index in [1.165, 1.54) is 11.3 Å². The van der Waals surface area contributed by atoms with E-state index in [1.807, 2.05) is 30.3 Å². The van der Waals surface area contributed by atoms with E-state index in [-0.39, 0.29) is 6.54 Å². The normalized spacial score (nSPS) is 10.3. The van der Waals surface area contributed by atoms with Crippen LogP contribution >= 0.6 is 11.3 Å². The highest BCUT2D eigenvalue weighted by Gasteiger charge is 2.14. The number of ether oxygens (including phenoxy) is 1. The molecular formula is C23H20N6O3S. The third kappa shape index (κ3) is 5.89. The molecule has 4 rings (SSSR count). The van der Waals surface area contributed by atoms with Gasteiger partial charge in [-0.3, -0.25) is 14.6 Å². The summed E-state index contributed by atoms with van der Waals surface area (Å²) in [6, 6.07) is 19.9. The van der Waals surface area contributed by atoms with Gasteiger partial charge in [-0.05, 0) is 60.7 Å². The molecule has 2 amide bonds. The number of anilines is 3. The second kappa shape index (κ2) is 10.3. The van der Waals surface area contributed by atoms with Crippen molar-refractivity contribution in [3.8, 4) is 16.3 Å². The standard InChI is InChI=1S/C23H20N6O3S/c1-32-19-11-9-17(10-12-19)27-23-29-28-22(33-23)15-5-7-16(8-6-15)26-21(31)20(30)25-14-18-4-2-3-13-24-18/h2-13H,14H2,1H3,(H,25,30)(H,26,31)(H,27,29). The molecule has 4 aromatic rings. The van der Waals surface area contributed by atoms with E-state index in [0.717, 1.165) is 22.0 Å². The monoisotopic (exact) mass is 460 g/mol. The van der Waals surface area contributed by atoms with Crippen LogP contribution in [-0.2, 0) is 16.1 Å². The first-order valence-electron chi connectivity index (χ1n) is 9.95. The highest BCUT2D eigenvalue weighted by Crippen LogP contribution is 2.29. The Balaban J connectivity index is 1.32. The molecule has 0 aliphatic carbocycles. The lowest BCUT2D eigenvalue weighted by Crippen LogP contribution is -2.35. The number of pyridine rings is 1. The maximum absolute atomic E-state index is 12.1. The smallest absolute Gasteiger partial charge is 0.313 e. The van der Waals surface area contributed by atoms with Gasteiger partial charge >= 0.3 is 11.8 Å². The maximum atomic E-state index is 12.1. The van der Waals surface area contributed by atoms with Crippen molar-refractivity contribution in [2.24, 2.45) is 0 Å². The maximum Gasteiger partial charge on any atom is 0.313 e. The van der Waals surface area contributed by atoms with Gasteiger partial charge in [0.25, 0.3) is 0 Å². The molecule has 2 aromatic heterocycles. The lowest BCUT2D eigenvalue weighted by Gasteiger charge is -2.06. The Hall–Kier alpha value is -4.31. The van der Waals surface area contributed by atoms with Crippen LogP contribution in [-0.4, -0.2) is 34.1 Å². The van der Waals surface area contributed by atoms with Crippen molar-refractivity contribution in [1.29, 1.82) is 0 Å². The largest absolute Gasteiger partial charge is 0.497 e. The molecule has 0 aliphatic rings. The molecule has 0 radical (unpaired) electrons. The number of carbonyl (C=O) groups is 2. The van der Waals surface area contributed by atoms with E-state index >= 15 is 0 Å². The van der Waals surface area contributed by atoms with Crippen molar-refractivity contribution in [3.63, 3.8) is 0 Å². The van der Waals surface area contributed by atoms with Crippen LogP contribution in [0.25, 0.3) is 10.6 Å².